The number of benzene rings is 1. The molecule has 0 aliphatic rings. The summed E-state index contributed by atoms with van der Waals surface area (Å²) in [6, 6.07) is 3.74. The second kappa shape index (κ2) is 14.2. The van der Waals surface area contributed by atoms with Crippen LogP contribution in [0.1, 0.15) is 111 Å². The van der Waals surface area contributed by atoms with Crippen LogP contribution in [0, 0.1) is 0 Å². The number of rotatable bonds is 14. The summed E-state index contributed by atoms with van der Waals surface area (Å²) in [5.41, 5.74) is 2.83. The van der Waals surface area contributed by atoms with Crippen LogP contribution in [0.3, 0.4) is 0 Å². The number of carbonyl (C=O) groups excluding carboxylic acids is 2. The molecule has 0 atom stereocenters. The van der Waals surface area contributed by atoms with Crippen molar-refractivity contribution < 1.29 is 19.1 Å². The lowest BCUT2D eigenvalue weighted by atomic mass is 9.91. The molecule has 1 aromatic rings. The topological polar surface area (TPSA) is 52.6 Å². The summed E-state index contributed by atoms with van der Waals surface area (Å²) in [6.07, 6.45) is 9.84. The minimum Gasteiger partial charge on any atom is -0.462 e. The van der Waals surface area contributed by atoms with Gasteiger partial charge in [0.15, 0.2) is 0 Å². The van der Waals surface area contributed by atoms with E-state index in [1.807, 2.05) is 19.9 Å². The second-order valence-corrected chi connectivity index (χ2v) is 7.27. The van der Waals surface area contributed by atoms with Gasteiger partial charge in [-0.15, -0.1) is 0 Å². The first-order valence-electron chi connectivity index (χ1n) is 11.1. The summed E-state index contributed by atoms with van der Waals surface area (Å²) in [7, 11) is 0. The molecule has 0 saturated carbocycles. The highest BCUT2D eigenvalue weighted by Gasteiger charge is 2.24. The van der Waals surface area contributed by atoms with Gasteiger partial charge in [0.25, 0.3) is 0 Å². The van der Waals surface area contributed by atoms with Gasteiger partial charge in [-0.1, -0.05) is 65.9 Å². The maximum Gasteiger partial charge on any atom is 0.339 e. The van der Waals surface area contributed by atoms with E-state index in [1.165, 1.54) is 19.3 Å². The van der Waals surface area contributed by atoms with E-state index in [0.29, 0.717) is 30.8 Å². The van der Waals surface area contributed by atoms with Crippen molar-refractivity contribution >= 4 is 11.9 Å². The van der Waals surface area contributed by atoms with Gasteiger partial charge in [0.2, 0.25) is 0 Å². The van der Waals surface area contributed by atoms with Crippen molar-refractivity contribution in [1.82, 2.24) is 0 Å². The molecule has 4 nitrogen and oxygen atoms in total. The zero-order chi connectivity index (χ0) is 20.8. The Morgan fingerprint density at radius 3 is 1.93 bits per heavy atom. The summed E-state index contributed by atoms with van der Waals surface area (Å²) < 4.78 is 10.9. The molecule has 0 unspecified atom stereocenters. The van der Waals surface area contributed by atoms with Crippen molar-refractivity contribution in [1.29, 1.82) is 0 Å². The summed E-state index contributed by atoms with van der Waals surface area (Å²) in [5.74, 6) is -0.828. The van der Waals surface area contributed by atoms with Gasteiger partial charge in [-0.3, -0.25) is 0 Å². The SMILES string of the molecule is CCCCCCc1ccc(C(=O)OCCCC)c(C(=O)OCCCC)c1CC. The smallest absolute Gasteiger partial charge is 0.339 e. The molecule has 0 fully saturated rings. The lowest BCUT2D eigenvalue weighted by Crippen LogP contribution is -2.18. The Morgan fingerprint density at radius 1 is 0.750 bits per heavy atom. The summed E-state index contributed by atoms with van der Waals surface area (Å²) in [5, 5.41) is 0. The fraction of sp³-hybridized carbons (Fsp3) is 0.667. The maximum absolute atomic E-state index is 12.9. The maximum atomic E-state index is 12.9. The first-order chi connectivity index (χ1) is 13.6. The first kappa shape index (κ1) is 24.2. The van der Waals surface area contributed by atoms with Crippen molar-refractivity contribution in [2.45, 2.75) is 91.9 Å². The van der Waals surface area contributed by atoms with Crippen LogP contribution in [0.5, 0.6) is 0 Å². The molecule has 0 aliphatic heterocycles. The molecule has 0 aromatic heterocycles. The van der Waals surface area contributed by atoms with Crippen LogP contribution in [-0.2, 0) is 22.3 Å². The van der Waals surface area contributed by atoms with E-state index in [1.54, 1.807) is 6.07 Å². The zero-order valence-electron chi connectivity index (χ0n) is 18.3. The number of esters is 2. The Balaban J connectivity index is 3.15. The normalized spacial score (nSPS) is 10.7. The molecule has 4 heteroatoms. The van der Waals surface area contributed by atoms with Crippen molar-refractivity contribution in [2.75, 3.05) is 13.2 Å². The summed E-state index contributed by atoms with van der Waals surface area (Å²) in [4.78, 5) is 25.5. The van der Waals surface area contributed by atoms with Crippen LogP contribution in [-0.4, -0.2) is 25.2 Å². The van der Waals surface area contributed by atoms with Crippen LogP contribution in [0.2, 0.25) is 0 Å². The van der Waals surface area contributed by atoms with Gasteiger partial charge in [-0.05, 0) is 49.3 Å². The highest BCUT2D eigenvalue weighted by Crippen LogP contribution is 2.24. The number of hydrogen-bond donors (Lipinski definition) is 0. The van der Waals surface area contributed by atoms with Crippen LogP contribution < -0.4 is 0 Å². The van der Waals surface area contributed by atoms with Crippen LogP contribution >= 0.6 is 0 Å². The third kappa shape index (κ3) is 7.65. The molecule has 0 heterocycles. The molecule has 0 aliphatic carbocycles. The van der Waals surface area contributed by atoms with Gasteiger partial charge in [0, 0.05) is 0 Å². The van der Waals surface area contributed by atoms with Crippen molar-refractivity contribution in [3.8, 4) is 0 Å². The Morgan fingerprint density at radius 2 is 1.36 bits per heavy atom. The molecule has 1 rings (SSSR count). The predicted molar refractivity (Wildman–Crippen MR) is 114 cm³/mol. The largest absolute Gasteiger partial charge is 0.462 e. The number of carbonyl (C=O) groups is 2. The second-order valence-electron chi connectivity index (χ2n) is 7.27. The Bertz CT molecular complexity index is 607. The molecule has 0 bridgehead atoms. The van der Waals surface area contributed by atoms with E-state index in [4.69, 9.17) is 9.47 Å². The molecule has 0 amide bonds. The highest BCUT2D eigenvalue weighted by molar-refractivity contribution is 6.04. The average Bonchev–Trinajstić information content (AvgIpc) is 2.70. The average molecular weight is 391 g/mol. The van der Waals surface area contributed by atoms with E-state index < -0.39 is 11.9 Å². The monoisotopic (exact) mass is 390 g/mol. The van der Waals surface area contributed by atoms with Gasteiger partial charge < -0.3 is 9.47 Å². The van der Waals surface area contributed by atoms with Gasteiger partial charge in [-0.2, -0.15) is 0 Å². The van der Waals surface area contributed by atoms with Gasteiger partial charge >= 0.3 is 11.9 Å². The van der Waals surface area contributed by atoms with Crippen LogP contribution in [0.4, 0.5) is 0 Å². The molecular weight excluding hydrogens is 352 g/mol. The molecule has 0 N–H and O–H groups in total. The van der Waals surface area contributed by atoms with Crippen LogP contribution in [0.25, 0.3) is 0 Å². The predicted octanol–water partition coefficient (Wildman–Crippen LogP) is 6.29. The zero-order valence-corrected chi connectivity index (χ0v) is 18.3. The van der Waals surface area contributed by atoms with Crippen LogP contribution in [0.15, 0.2) is 12.1 Å². The van der Waals surface area contributed by atoms with Gasteiger partial charge in [-0.25, -0.2) is 9.59 Å². The minimum atomic E-state index is -0.428. The Kier molecular flexibility index (Phi) is 12.3. The quantitative estimate of drug-likeness (QED) is 0.277. The molecule has 0 spiro atoms. The van der Waals surface area contributed by atoms with E-state index in [0.717, 1.165) is 49.7 Å². The summed E-state index contributed by atoms with van der Waals surface area (Å²) in [6.45, 7) is 9.08. The third-order valence-corrected chi connectivity index (χ3v) is 4.95. The van der Waals surface area contributed by atoms with E-state index in [2.05, 4.69) is 13.8 Å². The summed E-state index contributed by atoms with van der Waals surface area (Å²) >= 11 is 0. The minimum absolute atomic E-state index is 0.340. The van der Waals surface area contributed by atoms with E-state index >= 15 is 0 Å². The van der Waals surface area contributed by atoms with Gasteiger partial charge in [0.1, 0.15) is 0 Å². The first-order valence-corrected chi connectivity index (χ1v) is 11.1. The van der Waals surface area contributed by atoms with Gasteiger partial charge in [0.05, 0.1) is 24.3 Å². The Labute approximate surface area is 171 Å². The van der Waals surface area contributed by atoms with Crippen molar-refractivity contribution in [3.63, 3.8) is 0 Å². The lowest BCUT2D eigenvalue weighted by molar-refractivity contribution is 0.0451. The standard InChI is InChI=1S/C24H38O4/c1-5-9-12-13-14-19-15-16-21(23(25)27-17-10-6-2)22(20(19)8-4)24(26)28-18-11-7-3/h15-16H,5-14,17-18H2,1-4H3. The number of unbranched alkanes of at least 4 members (excludes halogenated alkanes) is 5. The fourth-order valence-corrected chi connectivity index (χ4v) is 3.24. The molecule has 1 aromatic carbocycles. The van der Waals surface area contributed by atoms with Crippen molar-refractivity contribution in [3.05, 3.63) is 34.4 Å². The fourth-order valence-electron chi connectivity index (χ4n) is 3.24. The molecular formula is C24H38O4. The van der Waals surface area contributed by atoms with E-state index in [-0.39, 0.29) is 0 Å². The van der Waals surface area contributed by atoms with E-state index in [9.17, 15) is 9.59 Å². The number of aryl methyl sites for hydroxylation is 1. The lowest BCUT2D eigenvalue weighted by Gasteiger charge is -2.17. The number of hydrogen-bond acceptors (Lipinski definition) is 4. The molecule has 0 saturated heterocycles. The molecule has 158 valence electrons. The highest BCUT2D eigenvalue weighted by atomic mass is 16.5. The number of ether oxygens (including phenoxy) is 2. The Hall–Kier alpha value is -1.84. The molecule has 0 radical (unpaired) electrons. The third-order valence-electron chi connectivity index (χ3n) is 4.95. The molecule has 28 heavy (non-hydrogen) atoms. The van der Waals surface area contributed by atoms with Crippen molar-refractivity contribution in [2.24, 2.45) is 0 Å².